The topological polar surface area (TPSA) is 86.0 Å². The van der Waals surface area contributed by atoms with Gasteiger partial charge in [0.05, 0.1) is 5.39 Å². The molecular formula is C19H15ClO6. The van der Waals surface area contributed by atoms with Crippen LogP contribution in [0.5, 0.6) is 17.2 Å². The van der Waals surface area contributed by atoms with E-state index in [-0.39, 0.29) is 16.8 Å². The van der Waals surface area contributed by atoms with E-state index in [1.165, 1.54) is 24.5 Å². The fourth-order valence-electron chi connectivity index (χ4n) is 2.49. The molecule has 0 saturated carbocycles. The van der Waals surface area contributed by atoms with Crippen LogP contribution in [0.2, 0.25) is 5.02 Å². The molecule has 0 aliphatic rings. The van der Waals surface area contributed by atoms with Gasteiger partial charge in [-0.25, -0.2) is 4.79 Å². The molecule has 0 aliphatic carbocycles. The fourth-order valence-corrected chi connectivity index (χ4v) is 2.60. The number of carboxylic acids is 1. The zero-order valence-corrected chi connectivity index (χ0v) is 14.8. The van der Waals surface area contributed by atoms with E-state index in [9.17, 15) is 9.59 Å². The van der Waals surface area contributed by atoms with E-state index < -0.39 is 12.6 Å². The summed E-state index contributed by atoms with van der Waals surface area (Å²) < 4.78 is 16.2. The highest BCUT2D eigenvalue weighted by Crippen LogP contribution is 2.29. The Bertz CT molecular complexity index is 1030. The molecule has 6 nitrogen and oxygen atoms in total. The molecule has 0 amide bonds. The van der Waals surface area contributed by atoms with E-state index in [4.69, 9.17) is 30.6 Å². The summed E-state index contributed by atoms with van der Waals surface area (Å²) in [6.45, 7) is 3.22. The molecule has 0 spiro atoms. The van der Waals surface area contributed by atoms with Crippen LogP contribution in [0.25, 0.3) is 11.0 Å². The molecule has 0 fully saturated rings. The molecule has 3 rings (SSSR count). The molecule has 7 heteroatoms. The van der Waals surface area contributed by atoms with Gasteiger partial charge in [-0.1, -0.05) is 11.6 Å². The van der Waals surface area contributed by atoms with Gasteiger partial charge in [0, 0.05) is 11.1 Å². The first-order valence-corrected chi connectivity index (χ1v) is 8.07. The van der Waals surface area contributed by atoms with Crippen LogP contribution in [0.4, 0.5) is 0 Å². The zero-order chi connectivity index (χ0) is 18.8. The SMILES string of the molecule is Cc1cc(Oc2coc3cc(OCC(=O)O)ccc3c2=O)cc(C)c1Cl. The number of halogens is 1. The molecule has 0 bridgehead atoms. The standard InChI is InChI=1S/C19H15ClO6/c1-10-5-13(6-11(2)18(10)20)26-16-8-25-15-7-12(24-9-17(21)22)3-4-14(15)19(16)23/h3-8H,9H2,1-2H3,(H,21,22). The van der Waals surface area contributed by atoms with Crippen LogP contribution < -0.4 is 14.9 Å². The lowest BCUT2D eigenvalue weighted by molar-refractivity contribution is -0.139. The molecule has 0 saturated heterocycles. The average Bonchev–Trinajstić information content (AvgIpc) is 2.60. The number of hydrogen-bond acceptors (Lipinski definition) is 5. The van der Waals surface area contributed by atoms with Crippen molar-refractivity contribution in [3.8, 4) is 17.2 Å². The highest BCUT2D eigenvalue weighted by atomic mass is 35.5. The summed E-state index contributed by atoms with van der Waals surface area (Å²) in [6, 6.07) is 7.94. The van der Waals surface area contributed by atoms with Crippen molar-refractivity contribution in [1.82, 2.24) is 0 Å². The minimum atomic E-state index is -1.09. The van der Waals surface area contributed by atoms with Crippen molar-refractivity contribution in [3.63, 3.8) is 0 Å². The lowest BCUT2D eigenvalue weighted by Gasteiger charge is -2.10. The van der Waals surface area contributed by atoms with E-state index in [2.05, 4.69) is 0 Å². The van der Waals surface area contributed by atoms with Crippen molar-refractivity contribution in [2.45, 2.75) is 13.8 Å². The quantitative estimate of drug-likeness (QED) is 0.715. The van der Waals surface area contributed by atoms with Crippen molar-refractivity contribution in [3.05, 3.63) is 63.0 Å². The number of aliphatic carboxylic acids is 1. The second-order valence-electron chi connectivity index (χ2n) is 5.74. The molecule has 3 aromatic rings. The highest BCUT2D eigenvalue weighted by molar-refractivity contribution is 6.32. The number of aryl methyl sites for hydroxylation is 2. The number of carbonyl (C=O) groups is 1. The van der Waals surface area contributed by atoms with E-state index in [0.717, 1.165) is 11.1 Å². The van der Waals surface area contributed by atoms with Crippen molar-refractivity contribution >= 4 is 28.5 Å². The highest BCUT2D eigenvalue weighted by Gasteiger charge is 2.12. The Morgan fingerprint density at radius 2 is 1.85 bits per heavy atom. The first kappa shape index (κ1) is 17.8. The Labute approximate surface area is 153 Å². The summed E-state index contributed by atoms with van der Waals surface area (Å²) in [4.78, 5) is 23.2. The summed E-state index contributed by atoms with van der Waals surface area (Å²) in [5.74, 6) is -0.278. The van der Waals surface area contributed by atoms with Crippen LogP contribution in [-0.2, 0) is 4.79 Å². The van der Waals surface area contributed by atoms with Crippen LogP contribution in [0.15, 0.2) is 45.8 Å². The maximum atomic E-state index is 12.6. The van der Waals surface area contributed by atoms with E-state index in [1.54, 1.807) is 12.1 Å². The van der Waals surface area contributed by atoms with Gasteiger partial charge in [0.15, 0.2) is 6.61 Å². The van der Waals surface area contributed by atoms with Crippen molar-refractivity contribution in [2.24, 2.45) is 0 Å². The summed E-state index contributed by atoms with van der Waals surface area (Å²) >= 11 is 6.14. The minimum Gasteiger partial charge on any atom is -0.482 e. The molecule has 2 aromatic carbocycles. The maximum absolute atomic E-state index is 12.6. The van der Waals surface area contributed by atoms with Gasteiger partial charge in [-0.15, -0.1) is 0 Å². The second kappa shape index (κ2) is 7.09. The number of rotatable bonds is 5. The molecule has 1 aromatic heterocycles. The number of hydrogen-bond donors (Lipinski definition) is 1. The molecule has 1 heterocycles. The van der Waals surface area contributed by atoms with Crippen LogP contribution in [0.1, 0.15) is 11.1 Å². The van der Waals surface area contributed by atoms with Gasteiger partial charge in [-0.2, -0.15) is 0 Å². The lowest BCUT2D eigenvalue weighted by Crippen LogP contribution is -2.09. The van der Waals surface area contributed by atoms with Crippen molar-refractivity contribution < 1.29 is 23.8 Å². The first-order chi connectivity index (χ1) is 12.3. The number of carboxylic acid groups (broad SMARTS) is 1. The van der Waals surface area contributed by atoms with Crippen molar-refractivity contribution in [1.29, 1.82) is 0 Å². The smallest absolute Gasteiger partial charge is 0.341 e. The normalized spacial score (nSPS) is 10.7. The number of fused-ring (bicyclic) bond motifs is 1. The minimum absolute atomic E-state index is 0.0397. The average molecular weight is 375 g/mol. The molecule has 0 aliphatic heterocycles. The fraction of sp³-hybridized carbons (Fsp3) is 0.158. The van der Waals surface area contributed by atoms with Crippen LogP contribution in [-0.4, -0.2) is 17.7 Å². The van der Waals surface area contributed by atoms with Gasteiger partial charge >= 0.3 is 5.97 Å². The van der Waals surface area contributed by atoms with E-state index in [0.29, 0.717) is 21.9 Å². The Morgan fingerprint density at radius 1 is 1.15 bits per heavy atom. The Hall–Kier alpha value is -2.99. The third kappa shape index (κ3) is 3.65. The van der Waals surface area contributed by atoms with Gasteiger partial charge in [0.1, 0.15) is 23.3 Å². The summed E-state index contributed by atoms with van der Waals surface area (Å²) in [5.41, 5.74) is 1.61. The molecular weight excluding hydrogens is 360 g/mol. The molecule has 134 valence electrons. The summed E-state index contributed by atoms with van der Waals surface area (Å²) in [6.07, 6.45) is 1.21. The predicted molar refractivity (Wildman–Crippen MR) is 96.6 cm³/mol. The predicted octanol–water partition coefficient (Wildman–Crippen LogP) is 4.32. The Kier molecular flexibility index (Phi) is 4.86. The zero-order valence-electron chi connectivity index (χ0n) is 14.0. The van der Waals surface area contributed by atoms with E-state index in [1.807, 2.05) is 13.8 Å². The van der Waals surface area contributed by atoms with E-state index >= 15 is 0 Å². The van der Waals surface area contributed by atoms with Gasteiger partial charge in [0.25, 0.3) is 0 Å². The largest absolute Gasteiger partial charge is 0.482 e. The maximum Gasteiger partial charge on any atom is 0.341 e. The monoisotopic (exact) mass is 374 g/mol. The Balaban J connectivity index is 1.93. The van der Waals surface area contributed by atoms with Gasteiger partial charge in [-0.05, 0) is 49.2 Å². The molecule has 0 atom stereocenters. The third-order valence-corrected chi connectivity index (χ3v) is 4.31. The van der Waals surface area contributed by atoms with Gasteiger partial charge < -0.3 is 19.0 Å². The molecule has 26 heavy (non-hydrogen) atoms. The second-order valence-corrected chi connectivity index (χ2v) is 6.12. The lowest BCUT2D eigenvalue weighted by atomic mass is 10.1. The summed E-state index contributed by atoms with van der Waals surface area (Å²) in [5, 5.41) is 9.59. The third-order valence-electron chi connectivity index (χ3n) is 3.71. The summed E-state index contributed by atoms with van der Waals surface area (Å²) in [7, 11) is 0. The van der Waals surface area contributed by atoms with Gasteiger partial charge in [0.2, 0.25) is 11.2 Å². The number of ether oxygens (including phenoxy) is 2. The van der Waals surface area contributed by atoms with Crippen LogP contribution >= 0.6 is 11.6 Å². The van der Waals surface area contributed by atoms with Crippen molar-refractivity contribution in [2.75, 3.05) is 6.61 Å². The van der Waals surface area contributed by atoms with Crippen LogP contribution in [0, 0.1) is 13.8 Å². The molecule has 1 N–H and O–H groups in total. The van der Waals surface area contributed by atoms with Gasteiger partial charge in [-0.3, -0.25) is 4.79 Å². The first-order valence-electron chi connectivity index (χ1n) is 7.70. The van der Waals surface area contributed by atoms with Crippen LogP contribution in [0.3, 0.4) is 0 Å². The number of benzene rings is 2. The Morgan fingerprint density at radius 3 is 2.50 bits per heavy atom. The molecule has 0 radical (unpaired) electrons. The molecule has 0 unspecified atom stereocenters.